The number of fused-ring (bicyclic) bond motifs is 2. The molecule has 0 aromatic heterocycles. The minimum atomic E-state index is -0.529. The maximum atomic E-state index is 12.7. The van der Waals surface area contributed by atoms with Gasteiger partial charge in [0.1, 0.15) is 6.10 Å². The van der Waals surface area contributed by atoms with Crippen LogP contribution in [0.2, 0.25) is 0 Å². The zero-order valence-electron chi connectivity index (χ0n) is 15.5. The van der Waals surface area contributed by atoms with E-state index in [0.717, 1.165) is 25.7 Å². The fraction of sp³-hybridized carbons (Fsp3) is 0.600. The summed E-state index contributed by atoms with van der Waals surface area (Å²) in [6, 6.07) is 7.47. The highest BCUT2D eigenvalue weighted by atomic mass is 16.5. The third-order valence-corrected chi connectivity index (χ3v) is 5.90. The van der Waals surface area contributed by atoms with Crippen LogP contribution in [-0.2, 0) is 14.3 Å². The van der Waals surface area contributed by atoms with Gasteiger partial charge in [0.25, 0.3) is 5.91 Å². The molecule has 0 saturated heterocycles. The topological polar surface area (TPSA) is 93.5 Å². The predicted octanol–water partition coefficient (Wildman–Crippen LogP) is 2.75. The van der Waals surface area contributed by atoms with E-state index >= 15 is 0 Å². The molecule has 142 valence electrons. The molecular formula is C20H29N3O3. The summed E-state index contributed by atoms with van der Waals surface area (Å²) < 4.78 is 5.01. The first-order valence-electron chi connectivity index (χ1n) is 9.48. The number of ether oxygens (including phenoxy) is 1. The Balaban J connectivity index is 1.61. The molecule has 2 bridgehead atoms. The number of nitrogens with two attached hydrogens (primary N) is 1. The molecule has 3 atom stereocenters. The van der Waals surface area contributed by atoms with E-state index in [4.69, 9.17) is 10.5 Å². The van der Waals surface area contributed by atoms with Gasteiger partial charge in [-0.1, -0.05) is 12.5 Å². The van der Waals surface area contributed by atoms with Gasteiger partial charge in [0.05, 0.1) is 0 Å². The Hall–Kier alpha value is -1.92. The lowest BCUT2D eigenvalue weighted by molar-refractivity contribution is -0.124. The summed E-state index contributed by atoms with van der Waals surface area (Å²) >= 11 is 0. The smallest absolute Gasteiger partial charge is 0.253 e. The highest BCUT2D eigenvalue weighted by Gasteiger charge is 2.40. The van der Waals surface area contributed by atoms with Crippen LogP contribution in [0.5, 0.6) is 0 Å². The van der Waals surface area contributed by atoms with Crippen LogP contribution < -0.4 is 16.4 Å². The van der Waals surface area contributed by atoms with Crippen LogP contribution in [-0.4, -0.2) is 31.1 Å². The molecule has 4 N–H and O–H groups in total. The fourth-order valence-electron chi connectivity index (χ4n) is 4.27. The summed E-state index contributed by atoms with van der Waals surface area (Å²) in [5, 5.41) is 5.80. The zero-order valence-corrected chi connectivity index (χ0v) is 15.5. The van der Waals surface area contributed by atoms with E-state index in [0.29, 0.717) is 23.2 Å². The van der Waals surface area contributed by atoms with Crippen molar-refractivity contribution in [2.45, 2.75) is 51.2 Å². The number of nitrogens with one attached hydrogen (secondary N) is 2. The second-order valence-electron chi connectivity index (χ2n) is 7.63. The van der Waals surface area contributed by atoms with E-state index in [9.17, 15) is 9.59 Å². The van der Waals surface area contributed by atoms with Gasteiger partial charge < -0.3 is 21.1 Å². The molecule has 1 aromatic carbocycles. The number of carbonyl (C=O) groups excluding carboxylic acids is 2. The second kappa shape index (κ2) is 8.18. The van der Waals surface area contributed by atoms with Gasteiger partial charge in [-0.25, -0.2) is 0 Å². The molecule has 26 heavy (non-hydrogen) atoms. The third-order valence-electron chi connectivity index (χ3n) is 5.90. The molecule has 0 radical (unpaired) electrons. The molecular weight excluding hydrogens is 330 g/mol. The van der Waals surface area contributed by atoms with E-state index in [1.165, 1.54) is 13.5 Å². The Morgan fingerprint density at radius 3 is 2.38 bits per heavy atom. The predicted molar refractivity (Wildman–Crippen MR) is 102 cm³/mol. The first-order chi connectivity index (χ1) is 12.5. The summed E-state index contributed by atoms with van der Waals surface area (Å²) in [4.78, 5) is 24.7. The van der Waals surface area contributed by atoms with Gasteiger partial charge in [-0.15, -0.1) is 0 Å². The number of methoxy groups -OCH3 is 1. The van der Waals surface area contributed by atoms with E-state index in [1.54, 1.807) is 19.1 Å². The van der Waals surface area contributed by atoms with Crippen LogP contribution in [0.15, 0.2) is 24.3 Å². The summed E-state index contributed by atoms with van der Waals surface area (Å²) in [6.45, 7) is 1.69. The van der Waals surface area contributed by atoms with E-state index < -0.39 is 6.10 Å². The number of anilines is 2. The van der Waals surface area contributed by atoms with Crippen molar-refractivity contribution < 1.29 is 14.3 Å². The van der Waals surface area contributed by atoms with Crippen LogP contribution in [0, 0.1) is 17.8 Å². The molecule has 1 aromatic rings. The Morgan fingerprint density at radius 1 is 1.15 bits per heavy atom. The first kappa shape index (κ1) is 18.9. The van der Waals surface area contributed by atoms with Crippen LogP contribution in [0.3, 0.4) is 0 Å². The number of carbonyl (C=O) groups is 2. The van der Waals surface area contributed by atoms with Gasteiger partial charge >= 0.3 is 0 Å². The van der Waals surface area contributed by atoms with Crippen LogP contribution in [0.25, 0.3) is 0 Å². The standard InChI is InChI=1S/C20H29N3O3/c1-12(26-2)19(24)22-16-7-4-8-17(11-16)23-20(25)15-9-13-5-3-6-14(10-15)18(13)21/h4,7-8,11-15,18H,3,5-6,9-10,21H2,1-2H3,(H,22,24)(H,23,25). The monoisotopic (exact) mass is 359 g/mol. The molecule has 0 heterocycles. The third kappa shape index (κ3) is 4.24. The fourth-order valence-corrected chi connectivity index (χ4v) is 4.27. The average Bonchev–Trinajstić information content (AvgIpc) is 2.61. The second-order valence-corrected chi connectivity index (χ2v) is 7.63. The van der Waals surface area contributed by atoms with Gasteiger partial charge in [-0.3, -0.25) is 9.59 Å². The summed E-state index contributed by atoms with van der Waals surface area (Å²) in [7, 11) is 1.49. The Labute approximate surface area is 154 Å². The van der Waals surface area contributed by atoms with Crippen molar-refractivity contribution in [3.63, 3.8) is 0 Å². The lowest BCUT2D eigenvalue weighted by atomic mass is 9.65. The molecule has 2 aliphatic rings. The maximum Gasteiger partial charge on any atom is 0.253 e. The van der Waals surface area contributed by atoms with E-state index in [-0.39, 0.29) is 23.8 Å². The van der Waals surface area contributed by atoms with Crippen molar-refractivity contribution >= 4 is 23.2 Å². The number of rotatable bonds is 5. The summed E-state index contributed by atoms with van der Waals surface area (Å²) in [6.07, 6.45) is 4.75. The average molecular weight is 359 g/mol. The van der Waals surface area contributed by atoms with Crippen molar-refractivity contribution in [3.8, 4) is 0 Å². The SMILES string of the molecule is COC(C)C(=O)Nc1cccc(NC(=O)C2CC3CCCC(C2)C3N)c1. The van der Waals surface area contributed by atoms with Gasteiger partial charge in [-0.05, 0) is 62.6 Å². The van der Waals surface area contributed by atoms with E-state index in [2.05, 4.69) is 10.6 Å². The molecule has 6 nitrogen and oxygen atoms in total. The van der Waals surface area contributed by atoms with Crippen molar-refractivity contribution in [1.29, 1.82) is 0 Å². The van der Waals surface area contributed by atoms with Gasteiger partial charge in [0.15, 0.2) is 0 Å². The largest absolute Gasteiger partial charge is 0.372 e. The molecule has 2 saturated carbocycles. The molecule has 2 fully saturated rings. The zero-order chi connectivity index (χ0) is 18.7. The highest BCUT2D eigenvalue weighted by Crippen LogP contribution is 2.42. The van der Waals surface area contributed by atoms with E-state index in [1.807, 2.05) is 12.1 Å². The molecule has 0 spiro atoms. The number of benzene rings is 1. The van der Waals surface area contributed by atoms with Crippen molar-refractivity contribution in [3.05, 3.63) is 24.3 Å². The van der Waals surface area contributed by atoms with Gasteiger partial charge in [-0.2, -0.15) is 0 Å². The molecule has 0 aliphatic heterocycles. The lowest BCUT2D eigenvalue weighted by Crippen LogP contribution is -2.48. The minimum absolute atomic E-state index is 0.0249. The molecule has 2 aliphatic carbocycles. The van der Waals surface area contributed by atoms with Crippen molar-refractivity contribution in [1.82, 2.24) is 0 Å². The Morgan fingerprint density at radius 2 is 1.77 bits per heavy atom. The molecule has 6 heteroatoms. The van der Waals surface area contributed by atoms with Gasteiger partial charge in [0.2, 0.25) is 5.91 Å². The minimum Gasteiger partial charge on any atom is -0.372 e. The Bertz CT molecular complexity index is 649. The quantitative estimate of drug-likeness (QED) is 0.753. The first-order valence-corrected chi connectivity index (χ1v) is 9.48. The Kier molecular flexibility index (Phi) is 5.94. The molecule has 3 unspecified atom stereocenters. The van der Waals surface area contributed by atoms with Crippen LogP contribution >= 0.6 is 0 Å². The van der Waals surface area contributed by atoms with Crippen LogP contribution in [0.4, 0.5) is 11.4 Å². The number of hydrogen-bond donors (Lipinski definition) is 3. The van der Waals surface area contributed by atoms with Crippen LogP contribution in [0.1, 0.15) is 39.0 Å². The lowest BCUT2D eigenvalue weighted by Gasteiger charge is -2.43. The number of amides is 2. The van der Waals surface area contributed by atoms with Crippen molar-refractivity contribution in [2.75, 3.05) is 17.7 Å². The normalized spacial score (nSPS) is 28.9. The molecule has 2 amide bonds. The van der Waals surface area contributed by atoms with Crippen molar-refractivity contribution in [2.24, 2.45) is 23.5 Å². The summed E-state index contributed by atoms with van der Waals surface area (Å²) in [5.41, 5.74) is 7.65. The summed E-state index contributed by atoms with van der Waals surface area (Å²) in [5.74, 6) is 0.809. The number of hydrogen-bond acceptors (Lipinski definition) is 4. The maximum absolute atomic E-state index is 12.7. The molecule has 3 rings (SSSR count). The van der Waals surface area contributed by atoms with Gasteiger partial charge in [0, 0.05) is 30.4 Å². The highest BCUT2D eigenvalue weighted by molar-refractivity contribution is 5.96.